The van der Waals surface area contributed by atoms with Gasteiger partial charge in [0.1, 0.15) is 5.54 Å². The average molecular weight is 452 g/mol. The van der Waals surface area contributed by atoms with E-state index in [0.29, 0.717) is 15.7 Å². The number of aryl methyl sites for hydroxylation is 2. The second-order valence-corrected chi connectivity index (χ2v) is 8.47. The number of hydrogen-bond acceptors (Lipinski definition) is 7. The van der Waals surface area contributed by atoms with Crippen LogP contribution in [0.3, 0.4) is 0 Å². The number of rotatable bonds is 6. The molecule has 0 aliphatic carbocycles. The van der Waals surface area contributed by atoms with Crippen molar-refractivity contribution in [2.75, 3.05) is 5.75 Å². The van der Waals surface area contributed by atoms with E-state index in [2.05, 4.69) is 26.3 Å². The van der Waals surface area contributed by atoms with Gasteiger partial charge in [0, 0.05) is 0 Å². The summed E-state index contributed by atoms with van der Waals surface area (Å²) in [5, 5.41) is 15.4. The Morgan fingerprint density at radius 3 is 2.59 bits per heavy atom. The molecule has 164 valence electrons. The van der Waals surface area contributed by atoms with Crippen molar-refractivity contribution >= 4 is 29.6 Å². The van der Waals surface area contributed by atoms with Crippen LogP contribution in [0.15, 0.2) is 53.7 Å². The molecule has 0 spiro atoms. The van der Waals surface area contributed by atoms with Gasteiger partial charge in [0.15, 0.2) is 0 Å². The first-order valence-corrected chi connectivity index (χ1v) is 10.8. The molecule has 1 aromatic heterocycles. The third-order valence-corrected chi connectivity index (χ3v) is 6.21. The number of urea groups is 1. The summed E-state index contributed by atoms with van der Waals surface area (Å²) >= 11 is 1.09. The zero-order valence-corrected chi connectivity index (χ0v) is 18.5. The molecule has 0 bridgehead atoms. The second-order valence-electron chi connectivity index (χ2n) is 7.53. The first kappa shape index (κ1) is 21.5. The monoisotopic (exact) mass is 451 g/mol. The van der Waals surface area contributed by atoms with Crippen LogP contribution < -0.4 is 10.7 Å². The highest BCUT2D eigenvalue weighted by Gasteiger charge is 2.49. The van der Waals surface area contributed by atoms with Crippen LogP contribution in [0.25, 0.3) is 5.69 Å². The standard InChI is InChI=1S/C21H21N7O3S/c1-13-9-10-16(11-14(13)2)27-20(23-25-26-27)32-12-17(29)24-28-18(30)21(3,22-19(28)31)15-7-5-4-6-8-15/h4-11H,12H2,1-3H3,(H,22,31)(H,24,29). The van der Waals surface area contributed by atoms with Crippen molar-refractivity contribution in [1.82, 2.24) is 36.0 Å². The van der Waals surface area contributed by atoms with E-state index in [-0.39, 0.29) is 5.75 Å². The molecule has 32 heavy (non-hydrogen) atoms. The van der Waals surface area contributed by atoms with Crippen molar-refractivity contribution in [3.05, 3.63) is 65.2 Å². The average Bonchev–Trinajstić information content (AvgIpc) is 3.34. The van der Waals surface area contributed by atoms with E-state index in [1.165, 1.54) is 4.68 Å². The van der Waals surface area contributed by atoms with Gasteiger partial charge in [0.25, 0.3) is 5.91 Å². The minimum atomic E-state index is -1.26. The predicted molar refractivity (Wildman–Crippen MR) is 117 cm³/mol. The number of thioether (sulfide) groups is 1. The van der Waals surface area contributed by atoms with Crippen molar-refractivity contribution in [1.29, 1.82) is 0 Å². The van der Waals surface area contributed by atoms with E-state index < -0.39 is 23.4 Å². The molecule has 0 saturated carbocycles. The van der Waals surface area contributed by atoms with Gasteiger partial charge in [-0.1, -0.05) is 48.2 Å². The summed E-state index contributed by atoms with van der Waals surface area (Å²) in [4.78, 5) is 37.8. The Labute approximate surface area is 188 Å². The van der Waals surface area contributed by atoms with E-state index in [0.717, 1.165) is 28.6 Å². The first-order chi connectivity index (χ1) is 15.3. The minimum Gasteiger partial charge on any atom is -0.318 e. The number of aromatic nitrogens is 4. The van der Waals surface area contributed by atoms with Crippen molar-refractivity contribution in [3.8, 4) is 5.69 Å². The van der Waals surface area contributed by atoms with Crippen LogP contribution >= 0.6 is 11.8 Å². The third kappa shape index (κ3) is 3.94. The summed E-state index contributed by atoms with van der Waals surface area (Å²) in [7, 11) is 0. The van der Waals surface area contributed by atoms with Gasteiger partial charge in [0.2, 0.25) is 11.1 Å². The highest BCUT2D eigenvalue weighted by atomic mass is 32.2. The molecule has 1 fully saturated rings. The van der Waals surface area contributed by atoms with Crippen molar-refractivity contribution < 1.29 is 14.4 Å². The summed E-state index contributed by atoms with van der Waals surface area (Å²) in [6, 6.07) is 14.0. The molecule has 1 aliphatic heterocycles. The fraction of sp³-hybridized carbons (Fsp3) is 0.238. The Balaban J connectivity index is 1.42. The Morgan fingerprint density at radius 2 is 1.88 bits per heavy atom. The van der Waals surface area contributed by atoms with Gasteiger partial charge in [0.05, 0.1) is 11.4 Å². The fourth-order valence-corrected chi connectivity index (χ4v) is 3.97. The number of tetrazole rings is 1. The molecule has 1 atom stereocenters. The molecule has 4 rings (SSSR count). The maximum Gasteiger partial charge on any atom is 0.344 e. The normalized spacial score (nSPS) is 18.0. The summed E-state index contributed by atoms with van der Waals surface area (Å²) in [6.45, 7) is 5.60. The van der Waals surface area contributed by atoms with Crippen LogP contribution in [-0.4, -0.2) is 48.8 Å². The molecule has 10 nitrogen and oxygen atoms in total. The number of nitrogens with one attached hydrogen (secondary N) is 2. The van der Waals surface area contributed by atoms with Crippen LogP contribution in [0.2, 0.25) is 0 Å². The maximum absolute atomic E-state index is 12.9. The number of amides is 4. The largest absolute Gasteiger partial charge is 0.344 e. The van der Waals surface area contributed by atoms with Crippen LogP contribution in [0.5, 0.6) is 0 Å². The second kappa shape index (κ2) is 8.42. The molecule has 11 heteroatoms. The zero-order chi connectivity index (χ0) is 22.9. The van der Waals surface area contributed by atoms with E-state index >= 15 is 0 Å². The van der Waals surface area contributed by atoms with E-state index in [4.69, 9.17) is 0 Å². The summed E-state index contributed by atoms with van der Waals surface area (Å²) in [6.07, 6.45) is 0. The molecule has 3 aromatic rings. The predicted octanol–water partition coefficient (Wildman–Crippen LogP) is 1.87. The molecule has 2 N–H and O–H groups in total. The van der Waals surface area contributed by atoms with Crippen LogP contribution in [-0.2, 0) is 15.1 Å². The van der Waals surface area contributed by atoms with E-state index in [9.17, 15) is 14.4 Å². The molecule has 2 heterocycles. The minimum absolute atomic E-state index is 0.0929. The maximum atomic E-state index is 12.9. The fourth-order valence-electron chi connectivity index (χ4n) is 3.28. The topological polar surface area (TPSA) is 122 Å². The Bertz CT molecular complexity index is 1200. The molecule has 1 saturated heterocycles. The summed E-state index contributed by atoms with van der Waals surface area (Å²) in [5.41, 5.74) is 4.75. The number of imide groups is 1. The number of hydrazine groups is 1. The quantitative estimate of drug-likeness (QED) is 0.433. The number of hydrogen-bond donors (Lipinski definition) is 2. The van der Waals surface area contributed by atoms with Crippen LogP contribution in [0.4, 0.5) is 4.79 Å². The van der Waals surface area contributed by atoms with Gasteiger partial charge in [-0.15, -0.1) is 5.10 Å². The lowest BCUT2D eigenvalue weighted by Crippen LogP contribution is -2.48. The molecule has 1 aliphatic rings. The highest BCUT2D eigenvalue weighted by Crippen LogP contribution is 2.27. The number of benzene rings is 2. The Morgan fingerprint density at radius 1 is 1.12 bits per heavy atom. The summed E-state index contributed by atoms with van der Waals surface area (Å²) < 4.78 is 1.53. The van der Waals surface area contributed by atoms with Crippen molar-refractivity contribution in [2.24, 2.45) is 0 Å². The van der Waals surface area contributed by atoms with E-state index in [1.807, 2.05) is 38.1 Å². The molecule has 0 radical (unpaired) electrons. The zero-order valence-electron chi connectivity index (χ0n) is 17.7. The Hall–Kier alpha value is -3.73. The number of nitrogens with zero attached hydrogens (tertiary/aromatic N) is 5. The molecule has 1 unspecified atom stereocenters. The van der Waals surface area contributed by atoms with Crippen LogP contribution in [0.1, 0.15) is 23.6 Å². The lowest BCUT2D eigenvalue weighted by molar-refractivity contribution is -0.138. The van der Waals surface area contributed by atoms with Gasteiger partial charge in [-0.3, -0.25) is 15.0 Å². The Kier molecular flexibility index (Phi) is 5.66. The summed E-state index contributed by atoms with van der Waals surface area (Å²) in [5.74, 6) is -1.19. The smallest absolute Gasteiger partial charge is 0.318 e. The van der Waals surface area contributed by atoms with Gasteiger partial charge in [-0.25, -0.2) is 4.79 Å². The number of carbonyl (C=O) groups is 3. The number of carbonyl (C=O) groups excluding carboxylic acids is 3. The van der Waals surface area contributed by atoms with Crippen LogP contribution in [0, 0.1) is 13.8 Å². The van der Waals surface area contributed by atoms with Crippen molar-refractivity contribution in [2.45, 2.75) is 31.5 Å². The molecule has 4 amide bonds. The highest BCUT2D eigenvalue weighted by molar-refractivity contribution is 7.99. The SMILES string of the molecule is Cc1ccc(-n2nnnc2SCC(=O)NN2C(=O)NC(C)(c3ccccc3)C2=O)cc1C. The molecule has 2 aromatic carbocycles. The first-order valence-electron chi connectivity index (χ1n) is 9.80. The van der Waals surface area contributed by atoms with Gasteiger partial charge >= 0.3 is 6.03 Å². The molecular formula is C21H21N7O3S. The lowest BCUT2D eigenvalue weighted by Gasteiger charge is -2.22. The lowest BCUT2D eigenvalue weighted by atomic mass is 9.92. The van der Waals surface area contributed by atoms with E-state index in [1.54, 1.807) is 31.2 Å². The molecular weight excluding hydrogens is 430 g/mol. The third-order valence-electron chi connectivity index (χ3n) is 5.29. The van der Waals surface area contributed by atoms with Crippen molar-refractivity contribution in [3.63, 3.8) is 0 Å². The van der Waals surface area contributed by atoms with Gasteiger partial charge in [-0.2, -0.15) is 9.69 Å². The van der Waals surface area contributed by atoms with Gasteiger partial charge in [-0.05, 0) is 60.0 Å². The van der Waals surface area contributed by atoms with Gasteiger partial charge < -0.3 is 5.32 Å².